The molecular weight excluding hydrogens is 394 g/mol. The van der Waals surface area contributed by atoms with Crippen molar-refractivity contribution in [3.05, 3.63) is 35.3 Å². The van der Waals surface area contributed by atoms with E-state index in [4.69, 9.17) is 9.47 Å². The number of rotatable bonds is 4. The summed E-state index contributed by atoms with van der Waals surface area (Å²) in [5.41, 5.74) is -0.0686. The van der Waals surface area contributed by atoms with Gasteiger partial charge < -0.3 is 14.4 Å². The highest BCUT2D eigenvalue weighted by atomic mass is 32.1. The third-order valence-electron chi connectivity index (χ3n) is 5.23. The monoisotopic (exact) mass is 415 g/mol. The van der Waals surface area contributed by atoms with Crippen LogP contribution in [0.15, 0.2) is 29.8 Å². The minimum absolute atomic E-state index is 0.0237. The number of aromatic nitrogens is 1. The fourth-order valence-corrected chi connectivity index (χ4v) is 4.21. The van der Waals surface area contributed by atoms with Gasteiger partial charge in [-0.05, 0) is 12.1 Å². The smallest absolute Gasteiger partial charge is 0.264 e. The predicted octanol–water partition coefficient (Wildman–Crippen LogP) is 2.51. The Hall–Kier alpha value is -2.94. The van der Waals surface area contributed by atoms with Gasteiger partial charge in [-0.2, -0.15) is 0 Å². The Bertz CT molecular complexity index is 936. The minimum Gasteiger partial charge on any atom is -0.486 e. The maximum absolute atomic E-state index is 12.7. The molecule has 29 heavy (non-hydrogen) atoms. The lowest BCUT2D eigenvalue weighted by Gasteiger charge is -2.43. The van der Waals surface area contributed by atoms with Crippen molar-refractivity contribution in [3.8, 4) is 11.5 Å². The number of fused-ring (bicyclic) bond motifs is 1. The number of ketones is 1. The second-order valence-electron chi connectivity index (χ2n) is 7.22. The van der Waals surface area contributed by atoms with Crippen molar-refractivity contribution in [1.82, 2.24) is 9.88 Å². The highest BCUT2D eigenvalue weighted by molar-refractivity contribution is 7.13. The molecule has 2 aromatic rings. The maximum Gasteiger partial charge on any atom is 0.264 e. The van der Waals surface area contributed by atoms with Gasteiger partial charge in [0, 0.05) is 50.5 Å². The summed E-state index contributed by atoms with van der Waals surface area (Å²) in [6, 6.07) is 4.98. The fraction of sp³-hybridized carbons (Fsp3) is 0.400. The van der Waals surface area contributed by atoms with Crippen LogP contribution in [0.4, 0.5) is 5.13 Å². The lowest BCUT2D eigenvalue weighted by atomic mass is 9.82. The molecule has 0 bridgehead atoms. The zero-order valence-electron chi connectivity index (χ0n) is 16.0. The van der Waals surface area contributed by atoms with Crippen LogP contribution in [0, 0.1) is 0 Å². The summed E-state index contributed by atoms with van der Waals surface area (Å²) < 4.78 is 11.8. The Labute approximate surface area is 171 Å². The summed E-state index contributed by atoms with van der Waals surface area (Å²) in [5, 5.41) is 4.93. The molecule has 1 spiro atoms. The number of anilines is 1. The van der Waals surface area contributed by atoms with Crippen LogP contribution >= 0.6 is 11.3 Å². The van der Waals surface area contributed by atoms with E-state index < -0.39 is 5.60 Å². The van der Waals surface area contributed by atoms with E-state index in [0.717, 1.165) is 0 Å². The second kappa shape index (κ2) is 7.82. The number of nitrogens with one attached hydrogen (secondary N) is 1. The molecule has 4 rings (SSSR count). The van der Waals surface area contributed by atoms with Crippen LogP contribution < -0.4 is 14.8 Å². The molecule has 0 atom stereocenters. The fourth-order valence-electron chi connectivity index (χ4n) is 3.66. The van der Waals surface area contributed by atoms with Crippen molar-refractivity contribution in [2.24, 2.45) is 0 Å². The SMILES string of the molecule is CC(=O)N1CCC2(CC1)CC(=O)c1ccc(OCC(=O)Nc3nccs3)cc1O2. The molecule has 1 aromatic heterocycles. The molecule has 2 aliphatic rings. The normalized spacial score (nSPS) is 17.4. The molecule has 9 heteroatoms. The summed E-state index contributed by atoms with van der Waals surface area (Å²) in [5.74, 6) is 0.659. The summed E-state index contributed by atoms with van der Waals surface area (Å²) >= 11 is 1.33. The van der Waals surface area contributed by atoms with Crippen LogP contribution in [0.1, 0.15) is 36.5 Å². The summed E-state index contributed by atoms with van der Waals surface area (Å²) in [6.07, 6.45) is 3.13. The number of piperidine rings is 1. The number of carbonyl (C=O) groups is 3. The predicted molar refractivity (Wildman–Crippen MR) is 106 cm³/mol. The first-order chi connectivity index (χ1) is 13.9. The minimum atomic E-state index is -0.586. The molecule has 152 valence electrons. The van der Waals surface area contributed by atoms with E-state index in [1.54, 1.807) is 41.6 Å². The van der Waals surface area contributed by atoms with Crippen LogP contribution in [0.3, 0.4) is 0 Å². The van der Waals surface area contributed by atoms with Crippen molar-refractivity contribution in [2.45, 2.75) is 31.8 Å². The van der Waals surface area contributed by atoms with Gasteiger partial charge in [-0.1, -0.05) is 0 Å². The van der Waals surface area contributed by atoms with Gasteiger partial charge >= 0.3 is 0 Å². The number of hydrogen-bond donors (Lipinski definition) is 1. The molecule has 1 aromatic carbocycles. The maximum atomic E-state index is 12.7. The van der Waals surface area contributed by atoms with E-state index in [1.807, 2.05) is 0 Å². The first-order valence-corrected chi connectivity index (χ1v) is 10.3. The molecule has 0 unspecified atom stereocenters. The number of Topliss-reactive ketones (excluding diaryl/α,β-unsaturated/α-hetero) is 1. The quantitative estimate of drug-likeness (QED) is 0.824. The Kier molecular flexibility index (Phi) is 5.23. The van der Waals surface area contributed by atoms with Crippen LogP contribution in [-0.4, -0.2) is 52.8 Å². The van der Waals surface area contributed by atoms with E-state index >= 15 is 0 Å². The molecule has 3 heterocycles. The van der Waals surface area contributed by atoms with Crippen molar-refractivity contribution in [1.29, 1.82) is 0 Å². The molecule has 1 fully saturated rings. The molecule has 0 aliphatic carbocycles. The van der Waals surface area contributed by atoms with Gasteiger partial charge in [0.1, 0.15) is 17.1 Å². The highest BCUT2D eigenvalue weighted by Crippen LogP contribution is 2.40. The first kappa shape index (κ1) is 19.4. The Morgan fingerprint density at radius 2 is 2.14 bits per heavy atom. The summed E-state index contributed by atoms with van der Waals surface area (Å²) in [7, 11) is 0. The zero-order chi connectivity index (χ0) is 20.4. The molecule has 2 aliphatic heterocycles. The lowest BCUT2D eigenvalue weighted by molar-refractivity contribution is -0.132. The van der Waals surface area contributed by atoms with Gasteiger partial charge in [-0.3, -0.25) is 19.7 Å². The zero-order valence-corrected chi connectivity index (χ0v) is 16.8. The van der Waals surface area contributed by atoms with Crippen molar-refractivity contribution >= 4 is 34.1 Å². The number of ether oxygens (including phenoxy) is 2. The number of hydrogen-bond acceptors (Lipinski definition) is 7. The Morgan fingerprint density at radius 1 is 1.34 bits per heavy atom. The number of thiazole rings is 1. The number of carbonyl (C=O) groups excluding carboxylic acids is 3. The van der Waals surface area contributed by atoms with Gasteiger partial charge in [0.05, 0.1) is 12.0 Å². The highest BCUT2D eigenvalue weighted by Gasteiger charge is 2.43. The van der Waals surface area contributed by atoms with E-state index in [1.165, 1.54) is 11.3 Å². The second-order valence-corrected chi connectivity index (χ2v) is 8.12. The topological polar surface area (TPSA) is 97.8 Å². The Morgan fingerprint density at radius 3 is 2.83 bits per heavy atom. The van der Waals surface area contributed by atoms with Gasteiger partial charge in [-0.15, -0.1) is 11.3 Å². The van der Waals surface area contributed by atoms with Crippen LogP contribution in [-0.2, 0) is 9.59 Å². The van der Waals surface area contributed by atoms with Gasteiger partial charge in [-0.25, -0.2) is 4.98 Å². The number of likely N-dealkylation sites (tertiary alicyclic amines) is 1. The van der Waals surface area contributed by atoms with Crippen LogP contribution in [0.2, 0.25) is 0 Å². The molecule has 0 radical (unpaired) electrons. The van der Waals surface area contributed by atoms with Crippen molar-refractivity contribution in [3.63, 3.8) is 0 Å². The number of benzene rings is 1. The molecule has 8 nitrogen and oxygen atoms in total. The van der Waals surface area contributed by atoms with E-state index in [-0.39, 0.29) is 24.2 Å². The molecular formula is C20H21N3O5S. The number of nitrogens with zero attached hydrogens (tertiary/aromatic N) is 2. The van der Waals surface area contributed by atoms with E-state index in [0.29, 0.717) is 54.5 Å². The average molecular weight is 415 g/mol. The largest absolute Gasteiger partial charge is 0.486 e. The van der Waals surface area contributed by atoms with E-state index in [9.17, 15) is 14.4 Å². The molecule has 2 amide bonds. The molecule has 0 saturated carbocycles. The standard InChI is InChI=1S/C20H21N3O5S/c1-13(24)23-7-4-20(5-8-23)11-16(25)15-3-2-14(10-17(15)28-20)27-12-18(26)22-19-21-6-9-29-19/h2-3,6,9-10H,4-5,7-8,11-12H2,1H3,(H,21,22,26). The van der Waals surface area contributed by atoms with E-state index in [2.05, 4.69) is 10.3 Å². The third kappa shape index (κ3) is 4.24. The number of amides is 2. The van der Waals surface area contributed by atoms with Crippen molar-refractivity contribution < 1.29 is 23.9 Å². The van der Waals surface area contributed by atoms with Crippen LogP contribution in [0.5, 0.6) is 11.5 Å². The molecule has 1 N–H and O–H groups in total. The van der Waals surface area contributed by atoms with Crippen molar-refractivity contribution in [2.75, 3.05) is 25.0 Å². The Balaban J connectivity index is 1.42. The van der Waals surface area contributed by atoms with Gasteiger partial charge in [0.2, 0.25) is 5.91 Å². The lowest BCUT2D eigenvalue weighted by Crippen LogP contribution is -2.51. The van der Waals surface area contributed by atoms with Gasteiger partial charge in [0.25, 0.3) is 5.91 Å². The first-order valence-electron chi connectivity index (χ1n) is 9.38. The summed E-state index contributed by atoms with van der Waals surface area (Å²) in [4.78, 5) is 42.0. The molecule has 1 saturated heterocycles. The summed E-state index contributed by atoms with van der Waals surface area (Å²) in [6.45, 7) is 2.52. The average Bonchev–Trinajstić information content (AvgIpc) is 3.19. The third-order valence-corrected chi connectivity index (χ3v) is 5.92. The van der Waals surface area contributed by atoms with Crippen LogP contribution in [0.25, 0.3) is 0 Å². The van der Waals surface area contributed by atoms with Gasteiger partial charge in [0.15, 0.2) is 17.5 Å².